The molecular formula is C10H16ClN. The van der Waals surface area contributed by atoms with E-state index in [9.17, 15) is 0 Å². The van der Waals surface area contributed by atoms with E-state index >= 15 is 0 Å². The second kappa shape index (κ2) is 5.18. The van der Waals surface area contributed by atoms with Crippen LogP contribution < -0.4 is 0 Å². The number of benzene rings is 1. The highest BCUT2D eigenvalue weighted by Crippen LogP contribution is 2.18. The molecule has 12 heavy (non-hydrogen) atoms. The highest BCUT2D eigenvalue weighted by molar-refractivity contribution is 5.85. The number of rotatable bonds is 0. The predicted octanol–water partition coefficient (Wildman–Crippen LogP) is 2.19. The zero-order valence-electron chi connectivity index (χ0n) is 7.87. The molecule has 68 valence electrons. The lowest BCUT2D eigenvalue weighted by Gasteiger charge is -2.11. The molecule has 0 fully saturated rings. The third-order valence-corrected chi connectivity index (χ3v) is 1.40. The van der Waals surface area contributed by atoms with Gasteiger partial charge in [-0.2, -0.15) is 0 Å². The van der Waals surface area contributed by atoms with Crippen LogP contribution >= 0.6 is 12.4 Å². The van der Waals surface area contributed by atoms with Gasteiger partial charge in [0.05, 0.1) is 0 Å². The van der Waals surface area contributed by atoms with Gasteiger partial charge in [-0.3, -0.25) is 0 Å². The van der Waals surface area contributed by atoms with E-state index < -0.39 is 0 Å². The van der Waals surface area contributed by atoms with E-state index in [1.807, 2.05) is 26.0 Å². The van der Waals surface area contributed by atoms with Crippen LogP contribution in [0.1, 0.15) is 11.1 Å². The van der Waals surface area contributed by atoms with Crippen LogP contribution in [0.5, 0.6) is 0 Å². The highest BCUT2D eigenvalue weighted by atomic mass is 35.5. The molecule has 2 bridgehead atoms. The minimum absolute atomic E-state index is 0. The second-order valence-corrected chi connectivity index (χ2v) is 3.34. The van der Waals surface area contributed by atoms with Crippen LogP contribution in [0.2, 0.25) is 0 Å². The maximum Gasteiger partial charge on any atom is -0.00256 e. The molecule has 0 saturated carbocycles. The lowest BCUT2D eigenvalue weighted by Crippen LogP contribution is -1.99. The van der Waals surface area contributed by atoms with E-state index in [0.29, 0.717) is 0 Å². The first-order chi connectivity index (χ1) is 5.18. The molecule has 2 heteroatoms. The third-order valence-electron chi connectivity index (χ3n) is 1.40. The number of nitrogens with zero attached hydrogens (tertiary/aromatic N) is 1. The topological polar surface area (TPSA) is 3.24 Å². The normalized spacial score (nSPS) is 10.7. The van der Waals surface area contributed by atoms with Crippen molar-refractivity contribution in [3.63, 3.8) is 0 Å². The van der Waals surface area contributed by atoms with Crippen molar-refractivity contribution in [1.29, 1.82) is 0 Å². The molecule has 0 N–H and O–H groups in total. The Kier molecular flexibility index (Phi) is 4.95. The summed E-state index contributed by atoms with van der Waals surface area (Å²) in [5.41, 5.74) is 2.97. The van der Waals surface area contributed by atoms with E-state index in [0.717, 1.165) is 0 Å². The Balaban J connectivity index is 0.000000217. The van der Waals surface area contributed by atoms with Crippen molar-refractivity contribution in [2.24, 2.45) is 0 Å². The van der Waals surface area contributed by atoms with Crippen molar-refractivity contribution in [1.82, 2.24) is 4.90 Å². The Morgan fingerprint density at radius 2 is 1.42 bits per heavy atom. The average molecular weight is 186 g/mol. The summed E-state index contributed by atoms with van der Waals surface area (Å²) in [7, 11) is 6.00. The molecule has 2 aliphatic rings. The Morgan fingerprint density at radius 3 is 1.50 bits per heavy atom. The minimum atomic E-state index is 0. The lowest BCUT2D eigenvalue weighted by molar-refractivity contribution is 0.505. The molecule has 0 spiro atoms. The van der Waals surface area contributed by atoms with Crippen molar-refractivity contribution in [2.75, 3.05) is 21.1 Å². The number of halogens is 1. The largest absolute Gasteiger partial charge is 0.312 e. The van der Waals surface area contributed by atoms with Crippen molar-refractivity contribution < 1.29 is 0 Å². The van der Waals surface area contributed by atoms with Gasteiger partial charge in [0.15, 0.2) is 0 Å². The van der Waals surface area contributed by atoms with Gasteiger partial charge in [0.25, 0.3) is 0 Å². The van der Waals surface area contributed by atoms with Crippen LogP contribution in [0.4, 0.5) is 0 Å². The molecule has 0 unspecified atom stereocenters. The summed E-state index contributed by atoms with van der Waals surface area (Å²) in [6, 6.07) is 8.65. The summed E-state index contributed by atoms with van der Waals surface area (Å²) in [5, 5.41) is 0. The molecule has 0 saturated heterocycles. The van der Waals surface area contributed by atoms with E-state index in [4.69, 9.17) is 0 Å². The summed E-state index contributed by atoms with van der Waals surface area (Å²) in [6.07, 6.45) is 1.22. The van der Waals surface area contributed by atoms with Crippen molar-refractivity contribution in [2.45, 2.75) is 6.42 Å². The standard InChI is InChI=1S/C7H6.C3H9N.ClH/c1-2-6-4-7(3-1)5-6;1-4(2)3;/h1-4H,5H2;1-3H3;1H. The van der Waals surface area contributed by atoms with Crippen LogP contribution in [0.25, 0.3) is 0 Å². The number of hydrogen-bond donors (Lipinski definition) is 0. The molecule has 0 amide bonds. The molecule has 1 aromatic rings. The summed E-state index contributed by atoms with van der Waals surface area (Å²) in [4.78, 5) is 2.00. The van der Waals surface area contributed by atoms with Gasteiger partial charge in [-0.1, -0.05) is 24.3 Å². The lowest BCUT2D eigenvalue weighted by atomic mass is 9.94. The third kappa shape index (κ3) is 3.74. The molecule has 0 atom stereocenters. The van der Waals surface area contributed by atoms with E-state index in [-0.39, 0.29) is 12.4 Å². The fraction of sp³-hybridized carbons (Fsp3) is 0.400. The van der Waals surface area contributed by atoms with Gasteiger partial charge in [-0.05, 0) is 38.7 Å². The predicted molar refractivity (Wildman–Crippen MR) is 56.1 cm³/mol. The van der Waals surface area contributed by atoms with Gasteiger partial charge in [0.1, 0.15) is 0 Å². The van der Waals surface area contributed by atoms with Gasteiger partial charge >= 0.3 is 0 Å². The zero-order chi connectivity index (χ0) is 8.27. The molecule has 0 heterocycles. The molecule has 0 radical (unpaired) electrons. The van der Waals surface area contributed by atoms with E-state index in [1.165, 1.54) is 17.5 Å². The van der Waals surface area contributed by atoms with Crippen molar-refractivity contribution >= 4 is 12.4 Å². The molecular weight excluding hydrogens is 170 g/mol. The van der Waals surface area contributed by atoms with E-state index in [2.05, 4.69) is 24.3 Å². The summed E-state index contributed by atoms with van der Waals surface area (Å²) in [5.74, 6) is 0. The fourth-order valence-electron chi connectivity index (χ4n) is 0.954. The molecule has 1 aromatic carbocycles. The van der Waals surface area contributed by atoms with Crippen molar-refractivity contribution in [3.8, 4) is 0 Å². The molecule has 0 aliphatic heterocycles. The molecule has 1 nitrogen and oxygen atoms in total. The van der Waals surface area contributed by atoms with Gasteiger partial charge in [-0.15, -0.1) is 12.4 Å². The van der Waals surface area contributed by atoms with E-state index in [1.54, 1.807) is 0 Å². The smallest absolute Gasteiger partial charge is 0.00256 e. The van der Waals surface area contributed by atoms with Crippen LogP contribution in [0.3, 0.4) is 0 Å². The Morgan fingerprint density at radius 1 is 1.08 bits per heavy atom. The molecule has 3 rings (SSSR count). The van der Waals surface area contributed by atoms with Crippen LogP contribution in [-0.4, -0.2) is 26.0 Å². The summed E-state index contributed by atoms with van der Waals surface area (Å²) < 4.78 is 0. The Hall–Kier alpha value is -0.530. The maximum absolute atomic E-state index is 2.22. The first kappa shape index (κ1) is 11.5. The number of fused-ring (bicyclic) bond motifs is 2. The second-order valence-electron chi connectivity index (χ2n) is 3.34. The zero-order valence-corrected chi connectivity index (χ0v) is 8.69. The van der Waals surface area contributed by atoms with Gasteiger partial charge in [0, 0.05) is 0 Å². The monoisotopic (exact) mass is 185 g/mol. The maximum atomic E-state index is 2.22. The van der Waals surface area contributed by atoms with Gasteiger partial charge in [0.2, 0.25) is 0 Å². The Bertz CT molecular complexity index is 206. The quantitative estimate of drug-likeness (QED) is 0.608. The number of hydrogen-bond acceptors (Lipinski definition) is 1. The summed E-state index contributed by atoms with van der Waals surface area (Å²) in [6.45, 7) is 0. The Labute approximate surface area is 80.8 Å². The first-order valence-corrected chi connectivity index (χ1v) is 3.87. The van der Waals surface area contributed by atoms with Crippen LogP contribution in [-0.2, 0) is 6.42 Å². The summed E-state index contributed by atoms with van der Waals surface area (Å²) >= 11 is 0. The highest BCUT2D eigenvalue weighted by Gasteiger charge is 2.04. The fourth-order valence-corrected chi connectivity index (χ4v) is 0.954. The van der Waals surface area contributed by atoms with Crippen molar-refractivity contribution in [3.05, 3.63) is 35.4 Å². The van der Waals surface area contributed by atoms with Crippen LogP contribution in [0, 0.1) is 0 Å². The minimum Gasteiger partial charge on any atom is -0.312 e. The molecule has 0 aromatic heterocycles. The average Bonchev–Trinajstić information content (AvgIpc) is 1.86. The van der Waals surface area contributed by atoms with Gasteiger partial charge < -0.3 is 4.90 Å². The molecule has 2 aliphatic carbocycles. The first-order valence-electron chi connectivity index (χ1n) is 3.87. The van der Waals surface area contributed by atoms with Gasteiger partial charge in [-0.25, -0.2) is 0 Å². The SMILES string of the molecule is CN(C)C.Cl.c1cc2cc(c1)C2. The van der Waals surface area contributed by atoms with Crippen LogP contribution in [0.15, 0.2) is 24.3 Å².